The van der Waals surface area contributed by atoms with Crippen LogP contribution in [0.1, 0.15) is 32.9 Å². The number of para-hydroxylation sites is 2. The van der Waals surface area contributed by atoms with Crippen molar-refractivity contribution in [3.63, 3.8) is 0 Å². The zero-order valence-corrected chi connectivity index (χ0v) is 18.2. The largest absolute Gasteiger partial charge is 0.488 e. The van der Waals surface area contributed by atoms with E-state index >= 15 is 0 Å². The second-order valence-corrected chi connectivity index (χ2v) is 7.47. The highest BCUT2D eigenvalue weighted by atomic mass is 16.5. The SMILES string of the molecule is Cc1cc(C(=O)N/N=C\c2ccccc2OCc2ccccc2)c(C)n1-c1ccccc1. The fourth-order valence-corrected chi connectivity index (χ4v) is 3.64. The Hall–Kier alpha value is -4.12. The van der Waals surface area contributed by atoms with Crippen molar-refractivity contribution in [3.8, 4) is 11.4 Å². The maximum Gasteiger partial charge on any atom is 0.273 e. The molecule has 0 unspecified atom stereocenters. The third-order valence-electron chi connectivity index (χ3n) is 5.22. The minimum absolute atomic E-state index is 0.251. The van der Waals surface area contributed by atoms with E-state index in [9.17, 15) is 4.79 Å². The molecule has 4 rings (SSSR count). The molecule has 0 bridgehead atoms. The maximum atomic E-state index is 12.8. The van der Waals surface area contributed by atoms with Gasteiger partial charge in [-0.15, -0.1) is 0 Å². The molecular formula is C27H25N3O2. The van der Waals surface area contributed by atoms with Crippen LogP contribution in [-0.2, 0) is 6.61 Å². The summed E-state index contributed by atoms with van der Waals surface area (Å²) < 4.78 is 8.01. The Morgan fingerprint density at radius 1 is 0.938 bits per heavy atom. The fourth-order valence-electron chi connectivity index (χ4n) is 3.64. The minimum atomic E-state index is -0.251. The third kappa shape index (κ3) is 4.78. The summed E-state index contributed by atoms with van der Waals surface area (Å²) in [4.78, 5) is 12.8. The normalized spacial score (nSPS) is 10.9. The van der Waals surface area contributed by atoms with E-state index in [2.05, 4.69) is 15.1 Å². The minimum Gasteiger partial charge on any atom is -0.488 e. The van der Waals surface area contributed by atoms with E-state index in [-0.39, 0.29) is 5.91 Å². The molecule has 0 spiro atoms. The van der Waals surface area contributed by atoms with Crippen LogP contribution in [0.25, 0.3) is 5.69 Å². The first kappa shape index (κ1) is 21.1. The number of rotatable bonds is 7. The average molecular weight is 424 g/mol. The van der Waals surface area contributed by atoms with E-state index < -0.39 is 0 Å². The fraction of sp³-hybridized carbons (Fsp3) is 0.111. The van der Waals surface area contributed by atoms with E-state index in [0.717, 1.165) is 28.2 Å². The van der Waals surface area contributed by atoms with Crippen LogP contribution in [0.2, 0.25) is 0 Å². The predicted octanol–water partition coefficient (Wildman–Crippen LogP) is 5.44. The van der Waals surface area contributed by atoms with Crippen molar-refractivity contribution in [2.45, 2.75) is 20.5 Å². The van der Waals surface area contributed by atoms with Crippen LogP contribution in [0.3, 0.4) is 0 Å². The summed E-state index contributed by atoms with van der Waals surface area (Å²) in [6.07, 6.45) is 1.61. The summed E-state index contributed by atoms with van der Waals surface area (Å²) in [5.74, 6) is 0.454. The molecule has 0 aliphatic rings. The lowest BCUT2D eigenvalue weighted by atomic mass is 10.2. The molecule has 0 saturated carbocycles. The summed E-state index contributed by atoms with van der Waals surface area (Å²) in [6, 6.07) is 29.4. The number of hydrogen-bond acceptors (Lipinski definition) is 3. The van der Waals surface area contributed by atoms with Gasteiger partial charge < -0.3 is 9.30 Å². The van der Waals surface area contributed by atoms with Gasteiger partial charge in [-0.2, -0.15) is 5.10 Å². The molecule has 32 heavy (non-hydrogen) atoms. The molecule has 1 aromatic heterocycles. The smallest absolute Gasteiger partial charge is 0.273 e. The van der Waals surface area contributed by atoms with Crippen LogP contribution in [0.15, 0.2) is 96.1 Å². The topological polar surface area (TPSA) is 55.6 Å². The van der Waals surface area contributed by atoms with Crippen LogP contribution in [0.5, 0.6) is 5.75 Å². The molecule has 5 heteroatoms. The van der Waals surface area contributed by atoms with E-state index in [0.29, 0.717) is 17.9 Å². The van der Waals surface area contributed by atoms with Gasteiger partial charge in [0.05, 0.1) is 11.8 Å². The zero-order chi connectivity index (χ0) is 22.3. The summed E-state index contributed by atoms with van der Waals surface area (Å²) in [5.41, 5.74) is 7.99. The highest BCUT2D eigenvalue weighted by molar-refractivity contribution is 5.96. The van der Waals surface area contributed by atoms with E-state index in [1.807, 2.05) is 105 Å². The van der Waals surface area contributed by atoms with Gasteiger partial charge in [0.25, 0.3) is 5.91 Å². The van der Waals surface area contributed by atoms with E-state index in [4.69, 9.17) is 4.74 Å². The number of aromatic nitrogens is 1. The first-order valence-corrected chi connectivity index (χ1v) is 10.5. The van der Waals surface area contributed by atoms with Crippen molar-refractivity contribution in [1.29, 1.82) is 0 Å². The van der Waals surface area contributed by atoms with Gasteiger partial charge in [-0.1, -0.05) is 60.7 Å². The Labute approximate surface area is 188 Å². The number of carbonyl (C=O) groups excluding carboxylic acids is 1. The van der Waals surface area contributed by atoms with Crippen molar-refractivity contribution in [1.82, 2.24) is 9.99 Å². The number of ether oxygens (including phenoxy) is 1. The van der Waals surface area contributed by atoms with Gasteiger partial charge in [0, 0.05) is 22.6 Å². The Kier molecular flexibility index (Phi) is 6.46. The van der Waals surface area contributed by atoms with Crippen LogP contribution >= 0.6 is 0 Å². The van der Waals surface area contributed by atoms with Gasteiger partial charge >= 0.3 is 0 Å². The Morgan fingerprint density at radius 2 is 1.59 bits per heavy atom. The van der Waals surface area contributed by atoms with Gasteiger partial charge in [-0.3, -0.25) is 4.79 Å². The monoisotopic (exact) mass is 423 g/mol. The highest BCUT2D eigenvalue weighted by Gasteiger charge is 2.16. The lowest BCUT2D eigenvalue weighted by molar-refractivity contribution is 0.0954. The molecule has 0 radical (unpaired) electrons. The second kappa shape index (κ2) is 9.79. The van der Waals surface area contributed by atoms with Gasteiger partial charge in [-0.05, 0) is 49.7 Å². The van der Waals surface area contributed by atoms with Crippen LogP contribution in [-0.4, -0.2) is 16.7 Å². The van der Waals surface area contributed by atoms with Crippen molar-refractivity contribution in [2.75, 3.05) is 0 Å². The molecule has 1 heterocycles. The van der Waals surface area contributed by atoms with Gasteiger partial charge in [0.2, 0.25) is 0 Å². The highest BCUT2D eigenvalue weighted by Crippen LogP contribution is 2.21. The Morgan fingerprint density at radius 3 is 2.34 bits per heavy atom. The second-order valence-electron chi connectivity index (χ2n) is 7.47. The van der Waals surface area contributed by atoms with Crippen molar-refractivity contribution in [3.05, 3.63) is 119 Å². The lowest BCUT2D eigenvalue weighted by Crippen LogP contribution is -2.18. The summed E-state index contributed by atoms with van der Waals surface area (Å²) in [6.45, 7) is 4.38. The van der Waals surface area contributed by atoms with Crippen LogP contribution in [0, 0.1) is 13.8 Å². The lowest BCUT2D eigenvalue weighted by Gasteiger charge is -2.09. The first-order chi connectivity index (χ1) is 15.6. The van der Waals surface area contributed by atoms with E-state index in [1.165, 1.54) is 0 Å². The number of nitrogens with zero attached hydrogens (tertiary/aromatic N) is 2. The molecule has 3 aromatic carbocycles. The quantitative estimate of drug-likeness (QED) is 0.318. The van der Waals surface area contributed by atoms with Crippen LogP contribution in [0.4, 0.5) is 0 Å². The molecule has 1 amide bonds. The molecule has 160 valence electrons. The number of benzene rings is 3. The Bertz CT molecular complexity index is 1230. The van der Waals surface area contributed by atoms with Crippen molar-refractivity contribution in [2.24, 2.45) is 5.10 Å². The first-order valence-electron chi connectivity index (χ1n) is 10.5. The number of nitrogens with one attached hydrogen (secondary N) is 1. The molecule has 0 aliphatic heterocycles. The number of hydrazone groups is 1. The Balaban J connectivity index is 1.46. The van der Waals surface area contributed by atoms with Gasteiger partial charge in [0.15, 0.2) is 0 Å². The molecule has 1 N–H and O–H groups in total. The standard InChI is InChI=1S/C27H25N3O2/c1-20-17-25(21(2)30(20)24-14-7-4-8-15-24)27(31)29-28-18-23-13-9-10-16-26(23)32-19-22-11-5-3-6-12-22/h3-18H,19H2,1-2H3,(H,29,31)/b28-18-. The molecule has 0 saturated heterocycles. The van der Waals surface area contributed by atoms with Crippen molar-refractivity contribution < 1.29 is 9.53 Å². The molecule has 4 aromatic rings. The third-order valence-corrected chi connectivity index (χ3v) is 5.22. The average Bonchev–Trinajstić information content (AvgIpc) is 3.13. The molecule has 0 aliphatic carbocycles. The zero-order valence-electron chi connectivity index (χ0n) is 18.2. The number of aryl methyl sites for hydroxylation is 1. The van der Waals surface area contributed by atoms with Gasteiger partial charge in [0.1, 0.15) is 12.4 Å². The van der Waals surface area contributed by atoms with Crippen molar-refractivity contribution >= 4 is 12.1 Å². The number of hydrogen-bond donors (Lipinski definition) is 1. The maximum absolute atomic E-state index is 12.8. The molecule has 5 nitrogen and oxygen atoms in total. The van der Waals surface area contributed by atoms with Gasteiger partial charge in [-0.25, -0.2) is 5.43 Å². The van der Waals surface area contributed by atoms with Crippen LogP contribution < -0.4 is 10.2 Å². The molecule has 0 fully saturated rings. The molecule has 0 atom stereocenters. The summed E-state index contributed by atoms with van der Waals surface area (Å²) >= 11 is 0. The number of carbonyl (C=O) groups is 1. The predicted molar refractivity (Wildman–Crippen MR) is 128 cm³/mol. The summed E-state index contributed by atoms with van der Waals surface area (Å²) in [5, 5.41) is 4.17. The summed E-state index contributed by atoms with van der Waals surface area (Å²) in [7, 11) is 0. The van der Waals surface area contributed by atoms with E-state index in [1.54, 1.807) is 6.21 Å². The molecular weight excluding hydrogens is 398 g/mol. The number of amides is 1.